The molecular weight excluding hydrogens is 538 g/mol. The first-order chi connectivity index (χ1) is 18.8. The van der Waals surface area contributed by atoms with Gasteiger partial charge in [-0.25, -0.2) is 14.2 Å². The van der Waals surface area contributed by atoms with Crippen molar-refractivity contribution in [2.24, 2.45) is 0 Å². The van der Waals surface area contributed by atoms with E-state index in [9.17, 15) is 42.2 Å². The van der Waals surface area contributed by atoms with Crippen LogP contribution in [0.3, 0.4) is 0 Å². The van der Waals surface area contributed by atoms with Crippen molar-refractivity contribution in [2.45, 2.75) is 70.2 Å². The number of alkyl halides is 3. The maximum atomic E-state index is 14.9. The molecule has 1 aromatic carbocycles. The molecule has 1 aliphatic carbocycles. The van der Waals surface area contributed by atoms with Crippen molar-refractivity contribution in [3.05, 3.63) is 61.7 Å². The van der Waals surface area contributed by atoms with Gasteiger partial charge in [-0.05, 0) is 48.9 Å². The third kappa shape index (κ3) is 3.53. The number of nitrogens with zero attached hydrogens (tertiary/aromatic N) is 2. The molecule has 3 N–H and O–H groups in total. The number of carbonyl (C=O) groups excluding carboxylic acids is 2. The Kier molecular flexibility index (Phi) is 5.66. The van der Waals surface area contributed by atoms with E-state index < -0.39 is 47.2 Å². The van der Waals surface area contributed by atoms with Gasteiger partial charge < -0.3 is 24.8 Å². The predicted octanol–water partition coefficient (Wildman–Crippen LogP) is 2.55. The summed E-state index contributed by atoms with van der Waals surface area (Å²) in [6.07, 6.45) is -8.16. The number of ether oxygens (including phenoxy) is 1. The summed E-state index contributed by atoms with van der Waals surface area (Å²) in [5, 5.41) is 23.4. The molecule has 40 heavy (non-hydrogen) atoms. The van der Waals surface area contributed by atoms with Crippen molar-refractivity contribution in [1.29, 1.82) is 0 Å². The highest BCUT2D eigenvalue weighted by atomic mass is 19.4. The second-order valence-corrected chi connectivity index (χ2v) is 10.4. The Labute approximate surface area is 223 Å². The first-order valence-electron chi connectivity index (χ1n) is 12.6. The van der Waals surface area contributed by atoms with E-state index in [1.54, 1.807) is 13.8 Å². The second-order valence-electron chi connectivity index (χ2n) is 10.4. The lowest BCUT2D eigenvalue weighted by Crippen LogP contribution is -2.45. The molecule has 0 fully saturated rings. The van der Waals surface area contributed by atoms with Crippen molar-refractivity contribution >= 4 is 22.8 Å². The number of hydrogen-bond donors (Lipinski definition) is 3. The third-order valence-corrected chi connectivity index (χ3v) is 8.25. The molecule has 4 heterocycles. The average Bonchev–Trinajstić information content (AvgIpc) is 3.27. The fourth-order valence-electron chi connectivity index (χ4n) is 6.10. The predicted molar refractivity (Wildman–Crippen MR) is 130 cm³/mol. The van der Waals surface area contributed by atoms with E-state index in [2.05, 4.69) is 10.3 Å². The average molecular weight is 561 g/mol. The number of cyclic esters (lactones) is 1. The van der Waals surface area contributed by atoms with Crippen molar-refractivity contribution in [2.75, 3.05) is 0 Å². The fourth-order valence-corrected chi connectivity index (χ4v) is 6.10. The van der Waals surface area contributed by atoms with Gasteiger partial charge in [-0.2, -0.15) is 13.2 Å². The molecule has 13 heteroatoms. The molecule has 0 radical (unpaired) electrons. The fraction of sp³-hybridized carbons (Fsp3) is 0.407. The van der Waals surface area contributed by atoms with Crippen LogP contribution in [0.1, 0.15) is 59.2 Å². The summed E-state index contributed by atoms with van der Waals surface area (Å²) in [7, 11) is 0. The monoisotopic (exact) mass is 561 g/mol. The molecule has 0 saturated heterocycles. The lowest BCUT2D eigenvalue weighted by Gasteiger charge is -2.31. The number of pyridine rings is 2. The van der Waals surface area contributed by atoms with Crippen LogP contribution in [0.15, 0.2) is 16.9 Å². The van der Waals surface area contributed by atoms with Crippen LogP contribution in [0.5, 0.6) is 0 Å². The van der Waals surface area contributed by atoms with Gasteiger partial charge >= 0.3 is 12.1 Å². The van der Waals surface area contributed by atoms with E-state index in [-0.39, 0.29) is 60.4 Å². The van der Waals surface area contributed by atoms with E-state index in [4.69, 9.17) is 4.74 Å². The highest BCUT2D eigenvalue weighted by Crippen LogP contribution is 2.46. The van der Waals surface area contributed by atoms with Gasteiger partial charge in [0.2, 0.25) is 6.10 Å². The summed E-state index contributed by atoms with van der Waals surface area (Å²) in [5.41, 5.74) is -0.122. The van der Waals surface area contributed by atoms with Gasteiger partial charge in [0.1, 0.15) is 12.4 Å². The van der Waals surface area contributed by atoms with E-state index in [0.29, 0.717) is 27.6 Å². The number of aromatic nitrogens is 2. The number of carbonyl (C=O) groups is 2. The molecule has 0 bridgehead atoms. The van der Waals surface area contributed by atoms with Gasteiger partial charge in [0.25, 0.3) is 11.5 Å². The van der Waals surface area contributed by atoms with E-state index >= 15 is 0 Å². The summed E-state index contributed by atoms with van der Waals surface area (Å²) in [6, 6.07) is 1.65. The molecule has 9 nitrogen and oxygen atoms in total. The molecule has 3 atom stereocenters. The van der Waals surface area contributed by atoms with Crippen LogP contribution >= 0.6 is 0 Å². The Morgan fingerprint density at radius 2 is 2.00 bits per heavy atom. The number of esters is 1. The quantitative estimate of drug-likeness (QED) is 0.259. The van der Waals surface area contributed by atoms with Crippen LogP contribution in [-0.4, -0.2) is 43.9 Å². The third-order valence-electron chi connectivity index (χ3n) is 8.25. The van der Waals surface area contributed by atoms with Crippen molar-refractivity contribution in [3.63, 3.8) is 0 Å². The first kappa shape index (κ1) is 26.4. The highest BCUT2D eigenvalue weighted by Gasteiger charge is 2.47. The molecule has 1 amide bonds. The van der Waals surface area contributed by atoms with Gasteiger partial charge in [0.15, 0.2) is 5.60 Å². The van der Waals surface area contributed by atoms with Crippen LogP contribution in [0.25, 0.3) is 22.3 Å². The molecule has 2 aromatic heterocycles. The largest absolute Gasteiger partial charge is 0.458 e. The van der Waals surface area contributed by atoms with Gasteiger partial charge in [0, 0.05) is 22.6 Å². The first-order valence-corrected chi connectivity index (χ1v) is 12.6. The smallest absolute Gasteiger partial charge is 0.423 e. The number of aryl methyl sites for hydroxylation is 1. The Morgan fingerprint density at radius 1 is 1.27 bits per heavy atom. The summed E-state index contributed by atoms with van der Waals surface area (Å²) in [4.78, 5) is 43.1. The van der Waals surface area contributed by atoms with E-state index in [1.165, 1.54) is 16.7 Å². The molecule has 3 aromatic rings. The summed E-state index contributed by atoms with van der Waals surface area (Å²) in [5.74, 6) is -3.08. The minimum absolute atomic E-state index is 0.0693. The minimum Gasteiger partial charge on any atom is -0.458 e. The Hall–Kier alpha value is -3.84. The number of amides is 1. The van der Waals surface area contributed by atoms with Crippen LogP contribution < -0.4 is 10.9 Å². The summed E-state index contributed by atoms with van der Waals surface area (Å²) in [6.45, 7) is 2.71. The molecule has 210 valence electrons. The van der Waals surface area contributed by atoms with Crippen molar-refractivity contribution < 1.29 is 42.1 Å². The molecule has 3 aliphatic rings. The molecule has 0 spiro atoms. The number of fused-ring (bicyclic) bond motifs is 5. The zero-order valence-corrected chi connectivity index (χ0v) is 21.3. The maximum Gasteiger partial charge on any atom is 0.423 e. The van der Waals surface area contributed by atoms with Gasteiger partial charge in [0.05, 0.1) is 35.1 Å². The lowest BCUT2D eigenvalue weighted by atomic mass is 9.81. The zero-order chi connectivity index (χ0) is 28.9. The summed E-state index contributed by atoms with van der Waals surface area (Å²) < 4.78 is 60.6. The highest BCUT2D eigenvalue weighted by molar-refractivity contribution is 5.94. The molecule has 6 rings (SSSR count). The SMILES string of the molecule is CC[C@@]1(O)C(=O)OCc2c1cc1n(c2=O)Cc2c-1nc1cc(F)c(C)c3c1c2[C@H](NC(=O)[C@@H](O)C(F)(F)F)CC3. The molecular formula is C27H23F4N3O6. The van der Waals surface area contributed by atoms with Gasteiger partial charge in [-0.1, -0.05) is 6.92 Å². The molecule has 0 saturated carbocycles. The van der Waals surface area contributed by atoms with E-state index in [0.717, 1.165) is 0 Å². The zero-order valence-electron chi connectivity index (χ0n) is 21.3. The standard InChI is InChI=1S/C27H23F4N3O6/c1-3-26(39)14-6-18-21-12(8-34(18)24(37)13(14)9-40-25(26)38)20-16(33-23(36)22(35)27(29,30)31)5-4-11-10(2)15(28)7-17(32-21)19(11)20/h6-7,16,22,35,39H,3-5,8-9H2,1-2H3,(H,33,36)/t16-,22-,26+/m1/s1. The van der Waals surface area contributed by atoms with Crippen molar-refractivity contribution in [3.8, 4) is 11.4 Å². The Bertz CT molecular complexity index is 1720. The molecule has 2 aliphatic heterocycles. The number of nitrogens with one attached hydrogen (secondary N) is 1. The van der Waals surface area contributed by atoms with E-state index in [1.807, 2.05) is 0 Å². The maximum absolute atomic E-state index is 14.9. The van der Waals surface area contributed by atoms with Crippen molar-refractivity contribution in [1.82, 2.24) is 14.9 Å². The number of rotatable bonds is 3. The number of halogens is 4. The minimum atomic E-state index is -5.18. The number of aliphatic hydroxyl groups excluding tert-OH is 1. The normalized spacial score (nSPS) is 21.9. The summed E-state index contributed by atoms with van der Waals surface area (Å²) >= 11 is 0. The van der Waals surface area contributed by atoms with Gasteiger partial charge in [-0.15, -0.1) is 0 Å². The Balaban J connectivity index is 1.60. The van der Waals surface area contributed by atoms with Crippen LogP contribution in [0, 0.1) is 12.7 Å². The Morgan fingerprint density at radius 3 is 2.67 bits per heavy atom. The second kappa shape index (κ2) is 8.58. The number of hydrogen-bond acceptors (Lipinski definition) is 7. The van der Waals surface area contributed by atoms with Crippen LogP contribution in [0.4, 0.5) is 17.6 Å². The van der Waals surface area contributed by atoms with Gasteiger partial charge in [-0.3, -0.25) is 9.59 Å². The van der Waals surface area contributed by atoms with Crippen LogP contribution in [0.2, 0.25) is 0 Å². The molecule has 0 unspecified atom stereocenters. The lowest BCUT2D eigenvalue weighted by molar-refractivity contribution is -0.205. The topological polar surface area (TPSA) is 131 Å². The number of benzene rings is 1. The van der Waals surface area contributed by atoms with Crippen LogP contribution in [-0.2, 0) is 39.5 Å². The number of aliphatic hydroxyl groups is 2.